The highest BCUT2D eigenvalue weighted by molar-refractivity contribution is 5.85. The molecule has 8 heteroatoms. The van der Waals surface area contributed by atoms with Gasteiger partial charge in [0.25, 0.3) is 0 Å². The van der Waals surface area contributed by atoms with Crippen LogP contribution in [0.5, 0.6) is 11.5 Å². The van der Waals surface area contributed by atoms with Gasteiger partial charge in [-0.1, -0.05) is 53.0 Å². The number of primary amides is 1. The smallest absolute Gasteiger partial charge is 0.226 e. The number of hydrogen-bond donors (Lipinski definition) is 2. The van der Waals surface area contributed by atoms with Crippen LogP contribution in [0.1, 0.15) is 85.6 Å². The average Bonchev–Trinajstić information content (AvgIpc) is 2.84. The van der Waals surface area contributed by atoms with E-state index in [1.54, 1.807) is 28.1 Å². The standard InChI is InChI=1S/C30H52N2O5.ClH/c1-22(2)30(23(3)4,28(34)32-21-29(5,6)27(31)33)17-12-10-9-11-14-24-15-16-25(36-8)26(20-24)37-19-13-18-35-7;/h15-16,20,22-23H,9-14,17-19,21H2,1-8H3,(H2,31,33)(H,32,34);1H. The minimum Gasteiger partial charge on any atom is -0.493 e. The summed E-state index contributed by atoms with van der Waals surface area (Å²) < 4.78 is 16.4. The highest BCUT2D eigenvalue weighted by atomic mass is 35.5. The Balaban J connectivity index is 0.0000137. The molecule has 220 valence electrons. The van der Waals surface area contributed by atoms with Gasteiger partial charge in [0.2, 0.25) is 11.8 Å². The normalized spacial score (nSPS) is 11.8. The zero-order valence-corrected chi connectivity index (χ0v) is 25.8. The van der Waals surface area contributed by atoms with Crippen LogP contribution in [0, 0.1) is 22.7 Å². The molecule has 0 radical (unpaired) electrons. The topological polar surface area (TPSA) is 99.9 Å². The second-order valence-electron chi connectivity index (χ2n) is 11.4. The van der Waals surface area contributed by atoms with Gasteiger partial charge in [-0.15, -0.1) is 12.4 Å². The molecule has 0 atom stereocenters. The molecule has 1 aromatic rings. The largest absolute Gasteiger partial charge is 0.493 e. The van der Waals surface area contributed by atoms with E-state index in [2.05, 4.69) is 45.1 Å². The van der Waals surface area contributed by atoms with Crippen LogP contribution in [0.25, 0.3) is 0 Å². The third-order valence-electron chi connectivity index (χ3n) is 7.63. The van der Waals surface area contributed by atoms with E-state index in [9.17, 15) is 9.59 Å². The van der Waals surface area contributed by atoms with Crippen molar-refractivity contribution >= 4 is 24.2 Å². The molecule has 0 aliphatic carbocycles. The number of halogens is 1. The molecule has 0 fully saturated rings. The van der Waals surface area contributed by atoms with Crippen molar-refractivity contribution < 1.29 is 23.8 Å². The van der Waals surface area contributed by atoms with E-state index in [4.69, 9.17) is 19.9 Å². The van der Waals surface area contributed by atoms with Crippen LogP contribution in [0.4, 0.5) is 0 Å². The summed E-state index contributed by atoms with van der Waals surface area (Å²) in [5.41, 5.74) is 5.49. The maximum atomic E-state index is 13.4. The number of rotatable bonds is 19. The van der Waals surface area contributed by atoms with Gasteiger partial charge in [0.05, 0.1) is 24.5 Å². The van der Waals surface area contributed by atoms with Crippen molar-refractivity contribution in [2.75, 3.05) is 34.0 Å². The first kappa shape index (κ1) is 36.0. The molecule has 7 nitrogen and oxygen atoms in total. The number of carbonyl (C=O) groups is 2. The van der Waals surface area contributed by atoms with Crippen LogP contribution in [-0.4, -0.2) is 45.8 Å². The van der Waals surface area contributed by atoms with Crippen molar-refractivity contribution in [3.63, 3.8) is 0 Å². The molecule has 0 unspecified atom stereocenters. The van der Waals surface area contributed by atoms with Crippen LogP contribution in [0.3, 0.4) is 0 Å². The summed E-state index contributed by atoms with van der Waals surface area (Å²) >= 11 is 0. The Morgan fingerprint density at radius 1 is 0.921 bits per heavy atom. The van der Waals surface area contributed by atoms with E-state index in [0.29, 0.717) is 13.2 Å². The molecule has 1 rings (SSSR count). The van der Waals surface area contributed by atoms with E-state index in [1.165, 1.54) is 5.56 Å². The summed E-state index contributed by atoms with van der Waals surface area (Å²) in [6, 6.07) is 6.14. The number of amides is 2. The number of carbonyl (C=O) groups excluding carboxylic acids is 2. The molecule has 2 amide bonds. The Bertz CT molecular complexity index is 834. The molecule has 0 aromatic heterocycles. The lowest BCUT2D eigenvalue weighted by atomic mass is 9.65. The van der Waals surface area contributed by atoms with Crippen molar-refractivity contribution in [2.45, 2.75) is 86.5 Å². The summed E-state index contributed by atoms with van der Waals surface area (Å²) in [5, 5.41) is 3.05. The highest BCUT2D eigenvalue weighted by Crippen LogP contribution is 2.41. The van der Waals surface area contributed by atoms with Gasteiger partial charge in [-0.25, -0.2) is 0 Å². The summed E-state index contributed by atoms with van der Waals surface area (Å²) in [5.74, 6) is 1.52. The molecule has 0 heterocycles. The Labute approximate surface area is 237 Å². The summed E-state index contributed by atoms with van der Waals surface area (Å²) in [6.07, 6.45) is 6.85. The lowest BCUT2D eigenvalue weighted by Gasteiger charge is -2.41. The first-order chi connectivity index (χ1) is 17.4. The Hall–Kier alpha value is -1.99. The number of hydrogen-bond acceptors (Lipinski definition) is 5. The highest BCUT2D eigenvalue weighted by Gasteiger charge is 2.44. The molecule has 3 N–H and O–H groups in total. The average molecular weight is 557 g/mol. The van der Waals surface area contributed by atoms with Crippen LogP contribution in [-0.2, 0) is 20.7 Å². The van der Waals surface area contributed by atoms with Crippen molar-refractivity contribution in [2.24, 2.45) is 28.4 Å². The second kappa shape index (κ2) is 17.6. The van der Waals surface area contributed by atoms with Crippen LogP contribution < -0.4 is 20.5 Å². The predicted octanol–water partition coefficient (Wildman–Crippen LogP) is 5.95. The van der Waals surface area contributed by atoms with Crippen LogP contribution in [0.15, 0.2) is 18.2 Å². The molecular weight excluding hydrogens is 504 g/mol. The molecule has 0 aliphatic heterocycles. The fourth-order valence-corrected chi connectivity index (χ4v) is 4.91. The zero-order chi connectivity index (χ0) is 28.1. The molecule has 38 heavy (non-hydrogen) atoms. The lowest BCUT2D eigenvalue weighted by Crippen LogP contribution is -2.51. The summed E-state index contributed by atoms with van der Waals surface area (Å²) in [6.45, 7) is 13.5. The van der Waals surface area contributed by atoms with Crippen molar-refractivity contribution in [3.8, 4) is 11.5 Å². The molecule has 0 saturated heterocycles. The minimum absolute atomic E-state index is 0. The Morgan fingerprint density at radius 3 is 2.11 bits per heavy atom. The molecule has 1 aromatic carbocycles. The van der Waals surface area contributed by atoms with Gasteiger partial charge in [-0.2, -0.15) is 0 Å². The number of methoxy groups -OCH3 is 2. The summed E-state index contributed by atoms with van der Waals surface area (Å²) in [4.78, 5) is 25.1. The lowest BCUT2D eigenvalue weighted by molar-refractivity contribution is -0.138. The second-order valence-corrected chi connectivity index (χ2v) is 11.4. The fraction of sp³-hybridized carbons (Fsp3) is 0.733. The number of aryl methyl sites for hydroxylation is 1. The molecular formula is C30H53ClN2O5. The molecule has 0 spiro atoms. The van der Waals surface area contributed by atoms with Gasteiger partial charge < -0.3 is 25.3 Å². The quantitative estimate of drug-likeness (QED) is 0.205. The van der Waals surface area contributed by atoms with E-state index < -0.39 is 16.7 Å². The van der Waals surface area contributed by atoms with Crippen LogP contribution >= 0.6 is 12.4 Å². The Morgan fingerprint density at radius 2 is 1.55 bits per heavy atom. The predicted molar refractivity (Wildman–Crippen MR) is 157 cm³/mol. The number of unbranched alkanes of at least 4 members (excludes halogenated alkanes) is 3. The van der Waals surface area contributed by atoms with Gasteiger partial charge >= 0.3 is 0 Å². The SMILES string of the molecule is COCCCOc1cc(CCCCCCC(C(=O)NCC(C)(C)C(N)=O)(C(C)C)C(C)C)ccc1OC.Cl. The third-order valence-corrected chi connectivity index (χ3v) is 7.63. The first-order valence-corrected chi connectivity index (χ1v) is 13.8. The fourth-order valence-electron chi connectivity index (χ4n) is 4.91. The van der Waals surface area contributed by atoms with Gasteiger partial charge in [0, 0.05) is 26.7 Å². The maximum absolute atomic E-state index is 13.4. The third kappa shape index (κ3) is 10.6. The van der Waals surface area contributed by atoms with Crippen molar-refractivity contribution in [3.05, 3.63) is 23.8 Å². The zero-order valence-electron chi connectivity index (χ0n) is 25.0. The number of ether oxygens (including phenoxy) is 3. The Kier molecular flexibility index (Phi) is 16.6. The first-order valence-electron chi connectivity index (χ1n) is 13.8. The molecule has 0 aliphatic rings. The van der Waals surface area contributed by atoms with E-state index >= 15 is 0 Å². The maximum Gasteiger partial charge on any atom is 0.226 e. The van der Waals surface area contributed by atoms with Gasteiger partial charge in [0.1, 0.15) is 0 Å². The minimum atomic E-state index is -0.772. The number of nitrogens with one attached hydrogen (secondary N) is 1. The summed E-state index contributed by atoms with van der Waals surface area (Å²) in [7, 11) is 3.35. The number of benzene rings is 1. The van der Waals surface area contributed by atoms with E-state index in [1.807, 2.05) is 6.07 Å². The molecule has 0 bridgehead atoms. The van der Waals surface area contributed by atoms with Crippen molar-refractivity contribution in [1.29, 1.82) is 0 Å². The van der Waals surface area contributed by atoms with E-state index in [-0.39, 0.29) is 36.7 Å². The van der Waals surface area contributed by atoms with Crippen LogP contribution in [0.2, 0.25) is 0 Å². The van der Waals surface area contributed by atoms with Gasteiger partial charge in [-0.3, -0.25) is 9.59 Å². The van der Waals surface area contributed by atoms with Gasteiger partial charge in [0.15, 0.2) is 11.5 Å². The number of nitrogens with two attached hydrogens (primary N) is 1. The molecule has 0 saturated carbocycles. The van der Waals surface area contributed by atoms with E-state index in [0.717, 1.165) is 56.4 Å². The monoisotopic (exact) mass is 556 g/mol. The van der Waals surface area contributed by atoms with Gasteiger partial charge in [-0.05, 0) is 62.6 Å². The van der Waals surface area contributed by atoms with Crippen molar-refractivity contribution in [1.82, 2.24) is 5.32 Å².